The number of ether oxygens (including phenoxy) is 1. The number of alkyl halides is 2. The van der Waals surface area contributed by atoms with Crippen molar-refractivity contribution in [3.63, 3.8) is 0 Å². The predicted molar refractivity (Wildman–Crippen MR) is 55.1 cm³/mol. The van der Waals surface area contributed by atoms with E-state index in [1.54, 1.807) is 6.07 Å². The Balaban J connectivity index is 2.82. The first kappa shape index (κ1) is 12.8. The summed E-state index contributed by atoms with van der Waals surface area (Å²) in [5.74, 6) is -1.20. The maximum atomic E-state index is 13.3. The molecule has 1 aromatic carbocycles. The molecular weight excluding hydrogens is 219 g/mol. The second-order valence-corrected chi connectivity index (χ2v) is 3.35. The summed E-state index contributed by atoms with van der Waals surface area (Å²) >= 11 is 0. The molecule has 2 nitrogen and oxygen atoms in total. The Labute approximate surface area is 92.4 Å². The monoisotopic (exact) mass is 233 g/mol. The third-order valence-corrected chi connectivity index (χ3v) is 2.18. The fraction of sp³-hybridized carbons (Fsp3) is 0.455. The summed E-state index contributed by atoms with van der Waals surface area (Å²) in [5.41, 5.74) is 0.695. The van der Waals surface area contributed by atoms with E-state index in [9.17, 15) is 13.2 Å². The minimum Gasteiger partial charge on any atom is -0.432 e. The Morgan fingerprint density at radius 1 is 1.38 bits per heavy atom. The van der Waals surface area contributed by atoms with Crippen molar-refractivity contribution in [2.24, 2.45) is 0 Å². The minimum atomic E-state index is -3.01. The molecule has 1 rings (SSSR count). The molecule has 0 spiro atoms. The van der Waals surface area contributed by atoms with Crippen LogP contribution in [-0.2, 0) is 0 Å². The van der Waals surface area contributed by atoms with Gasteiger partial charge in [0, 0.05) is 6.04 Å². The molecule has 90 valence electrons. The van der Waals surface area contributed by atoms with Gasteiger partial charge < -0.3 is 10.1 Å². The molecule has 0 aliphatic heterocycles. The summed E-state index contributed by atoms with van der Waals surface area (Å²) < 4.78 is 41.1. The fourth-order valence-electron chi connectivity index (χ4n) is 1.40. The molecule has 1 N–H and O–H groups in total. The van der Waals surface area contributed by atoms with Gasteiger partial charge in [0.2, 0.25) is 0 Å². The molecule has 0 aromatic heterocycles. The molecule has 1 atom stereocenters. The van der Waals surface area contributed by atoms with Gasteiger partial charge in [-0.3, -0.25) is 0 Å². The molecule has 0 bridgehead atoms. The summed E-state index contributed by atoms with van der Waals surface area (Å²) in [6, 6.07) is 3.95. The smallest absolute Gasteiger partial charge is 0.387 e. The highest BCUT2D eigenvalue weighted by molar-refractivity contribution is 5.30. The van der Waals surface area contributed by atoms with E-state index in [2.05, 4.69) is 10.1 Å². The Hall–Kier alpha value is -1.23. The average Bonchev–Trinajstić information content (AvgIpc) is 2.20. The van der Waals surface area contributed by atoms with Crippen molar-refractivity contribution in [1.82, 2.24) is 5.32 Å². The van der Waals surface area contributed by atoms with Gasteiger partial charge in [-0.2, -0.15) is 8.78 Å². The van der Waals surface area contributed by atoms with E-state index in [1.807, 2.05) is 13.8 Å². The SMILES string of the molecule is CCNC(C)c1ccc(OC(F)F)c(F)c1. The van der Waals surface area contributed by atoms with Gasteiger partial charge in [-0.15, -0.1) is 0 Å². The molecule has 5 heteroatoms. The molecular formula is C11H14F3NO. The van der Waals surface area contributed by atoms with Crippen molar-refractivity contribution in [2.45, 2.75) is 26.5 Å². The summed E-state index contributed by atoms with van der Waals surface area (Å²) in [7, 11) is 0. The quantitative estimate of drug-likeness (QED) is 0.843. The number of halogens is 3. The van der Waals surface area contributed by atoms with E-state index in [0.29, 0.717) is 5.56 Å². The van der Waals surface area contributed by atoms with Crippen LogP contribution in [0.4, 0.5) is 13.2 Å². The molecule has 0 saturated carbocycles. The van der Waals surface area contributed by atoms with Gasteiger partial charge in [0.25, 0.3) is 0 Å². The van der Waals surface area contributed by atoms with Crippen LogP contribution >= 0.6 is 0 Å². The van der Waals surface area contributed by atoms with Crippen molar-refractivity contribution in [3.05, 3.63) is 29.6 Å². The molecule has 16 heavy (non-hydrogen) atoms. The van der Waals surface area contributed by atoms with Crippen molar-refractivity contribution in [3.8, 4) is 5.75 Å². The summed E-state index contributed by atoms with van der Waals surface area (Å²) in [6.07, 6.45) is 0. The maximum absolute atomic E-state index is 13.3. The number of hydrogen-bond acceptors (Lipinski definition) is 2. The zero-order valence-electron chi connectivity index (χ0n) is 9.14. The van der Waals surface area contributed by atoms with E-state index in [1.165, 1.54) is 12.1 Å². The third-order valence-electron chi connectivity index (χ3n) is 2.18. The maximum Gasteiger partial charge on any atom is 0.387 e. The van der Waals surface area contributed by atoms with E-state index in [-0.39, 0.29) is 6.04 Å². The standard InChI is InChI=1S/C11H14F3NO/c1-3-15-7(2)8-4-5-10(9(12)6-8)16-11(13)14/h4-7,11,15H,3H2,1-2H3. The first-order valence-corrected chi connectivity index (χ1v) is 5.02. The minimum absolute atomic E-state index is 0.0277. The normalized spacial score (nSPS) is 12.9. The average molecular weight is 233 g/mol. The Bertz CT molecular complexity index is 344. The van der Waals surface area contributed by atoms with Crippen LogP contribution < -0.4 is 10.1 Å². The number of benzene rings is 1. The number of hydrogen-bond donors (Lipinski definition) is 1. The molecule has 0 saturated heterocycles. The topological polar surface area (TPSA) is 21.3 Å². The molecule has 0 amide bonds. The van der Waals surface area contributed by atoms with Crippen molar-refractivity contribution in [2.75, 3.05) is 6.54 Å². The first-order valence-electron chi connectivity index (χ1n) is 5.02. The van der Waals surface area contributed by atoms with Crippen LogP contribution in [-0.4, -0.2) is 13.2 Å². The third kappa shape index (κ3) is 3.41. The lowest BCUT2D eigenvalue weighted by Crippen LogP contribution is -2.17. The lowest BCUT2D eigenvalue weighted by Gasteiger charge is -2.14. The fourth-order valence-corrected chi connectivity index (χ4v) is 1.40. The van der Waals surface area contributed by atoms with Crippen molar-refractivity contribution >= 4 is 0 Å². The summed E-state index contributed by atoms with van der Waals surface area (Å²) in [4.78, 5) is 0. The number of rotatable bonds is 5. The second-order valence-electron chi connectivity index (χ2n) is 3.35. The highest BCUT2D eigenvalue weighted by Crippen LogP contribution is 2.23. The lowest BCUT2D eigenvalue weighted by molar-refractivity contribution is -0.0522. The highest BCUT2D eigenvalue weighted by Gasteiger charge is 2.12. The Morgan fingerprint density at radius 3 is 2.56 bits per heavy atom. The van der Waals surface area contributed by atoms with E-state index in [0.717, 1.165) is 6.54 Å². The molecule has 0 aliphatic carbocycles. The second kappa shape index (κ2) is 5.75. The Morgan fingerprint density at radius 2 is 2.06 bits per heavy atom. The summed E-state index contributed by atoms with van der Waals surface area (Å²) in [5, 5.41) is 3.09. The lowest BCUT2D eigenvalue weighted by atomic mass is 10.1. The zero-order chi connectivity index (χ0) is 12.1. The highest BCUT2D eigenvalue weighted by atomic mass is 19.3. The van der Waals surface area contributed by atoms with E-state index < -0.39 is 18.2 Å². The van der Waals surface area contributed by atoms with Crippen LogP contribution in [0.2, 0.25) is 0 Å². The molecule has 1 aromatic rings. The first-order chi connectivity index (χ1) is 7.54. The van der Waals surface area contributed by atoms with Gasteiger partial charge in [-0.05, 0) is 31.2 Å². The molecule has 0 radical (unpaired) electrons. The van der Waals surface area contributed by atoms with E-state index in [4.69, 9.17) is 0 Å². The van der Waals surface area contributed by atoms with Crippen molar-refractivity contribution in [1.29, 1.82) is 0 Å². The molecule has 0 aliphatic rings. The van der Waals surface area contributed by atoms with Gasteiger partial charge in [0.1, 0.15) is 0 Å². The van der Waals surface area contributed by atoms with Crippen molar-refractivity contribution < 1.29 is 17.9 Å². The van der Waals surface area contributed by atoms with Gasteiger partial charge in [-0.1, -0.05) is 13.0 Å². The van der Waals surface area contributed by atoms with Gasteiger partial charge in [0.05, 0.1) is 0 Å². The molecule has 1 unspecified atom stereocenters. The molecule has 0 fully saturated rings. The van der Waals surface area contributed by atoms with Crippen LogP contribution in [0.1, 0.15) is 25.5 Å². The van der Waals surface area contributed by atoms with Crippen LogP contribution in [0, 0.1) is 5.82 Å². The predicted octanol–water partition coefficient (Wildman–Crippen LogP) is 3.10. The van der Waals surface area contributed by atoms with E-state index >= 15 is 0 Å². The zero-order valence-corrected chi connectivity index (χ0v) is 9.14. The van der Waals surface area contributed by atoms with Crippen LogP contribution in [0.5, 0.6) is 5.75 Å². The van der Waals surface area contributed by atoms with Gasteiger partial charge in [-0.25, -0.2) is 4.39 Å². The van der Waals surface area contributed by atoms with Crippen LogP contribution in [0.25, 0.3) is 0 Å². The van der Waals surface area contributed by atoms with Crippen LogP contribution in [0.3, 0.4) is 0 Å². The summed E-state index contributed by atoms with van der Waals surface area (Å²) in [6.45, 7) is 1.54. The molecule has 0 heterocycles. The Kier molecular flexibility index (Phi) is 4.61. The van der Waals surface area contributed by atoms with Gasteiger partial charge >= 0.3 is 6.61 Å². The van der Waals surface area contributed by atoms with Crippen LogP contribution in [0.15, 0.2) is 18.2 Å². The number of nitrogens with one attached hydrogen (secondary N) is 1. The largest absolute Gasteiger partial charge is 0.432 e. The van der Waals surface area contributed by atoms with Gasteiger partial charge in [0.15, 0.2) is 11.6 Å².